The molecule has 0 aliphatic heterocycles. The van der Waals surface area contributed by atoms with Crippen molar-refractivity contribution < 1.29 is 0 Å². The minimum Gasteiger partial charge on any atom is -0.364 e. The first-order valence-electron chi connectivity index (χ1n) is 7.40. The number of allylic oxidation sites excluding steroid dienone is 1. The fourth-order valence-corrected chi connectivity index (χ4v) is 2.59. The number of halogens is 2. The van der Waals surface area contributed by atoms with Crippen molar-refractivity contribution >= 4 is 28.9 Å². The van der Waals surface area contributed by atoms with Gasteiger partial charge in [-0.3, -0.25) is 0 Å². The number of nitrogens with one attached hydrogen (secondary N) is 1. The molecule has 0 aliphatic rings. The van der Waals surface area contributed by atoms with Crippen LogP contribution in [-0.4, -0.2) is 6.54 Å². The van der Waals surface area contributed by atoms with E-state index < -0.39 is 0 Å². The smallest absolute Gasteiger partial charge is 0.0580 e. The van der Waals surface area contributed by atoms with Gasteiger partial charge in [-0.2, -0.15) is 0 Å². The molecule has 0 amide bonds. The number of nitrogens with zero attached hydrogens (tertiary/aromatic N) is 1. The molecule has 0 aromatic heterocycles. The van der Waals surface area contributed by atoms with Crippen LogP contribution in [0.2, 0.25) is 10.0 Å². The third-order valence-corrected chi connectivity index (χ3v) is 3.94. The van der Waals surface area contributed by atoms with Gasteiger partial charge in [-0.1, -0.05) is 54.1 Å². The first kappa shape index (κ1) is 17.5. The van der Waals surface area contributed by atoms with Crippen molar-refractivity contribution in [3.8, 4) is 0 Å². The molecular formula is C19H20Cl2N2. The van der Waals surface area contributed by atoms with Crippen LogP contribution in [0.5, 0.6) is 0 Å². The van der Waals surface area contributed by atoms with Gasteiger partial charge in [-0.25, -0.2) is 0 Å². The summed E-state index contributed by atoms with van der Waals surface area (Å²) in [5, 5.41) is 4.64. The van der Waals surface area contributed by atoms with Gasteiger partial charge in [0.05, 0.1) is 6.54 Å². The molecule has 23 heavy (non-hydrogen) atoms. The molecule has 0 radical (unpaired) electrons. The van der Waals surface area contributed by atoms with E-state index in [0.717, 1.165) is 34.5 Å². The Hall–Kier alpha value is -1.90. The maximum atomic E-state index is 6.15. The number of hydrogen-bond acceptors (Lipinski definition) is 2. The molecule has 0 unspecified atom stereocenters. The lowest BCUT2D eigenvalue weighted by molar-refractivity contribution is 0.810. The first-order valence-corrected chi connectivity index (χ1v) is 8.15. The van der Waals surface area contributed by atoms with E-state index in [0.29, 0.717) is 0 Å². The summed E-state index contributed by atoms with van der Waals surface area (Å²) in [5.74, 6) is 0. The van der Waals surface area contributed by atoms with Gasteiger partial charge >= 0.3 is 0 Å². The maximum absolute atomic E-state index is 6.15. The summed E-state index contributed by atoms with van der Waals surface area (Å²) in [7, 11) is 0. The third-order valence-electron chi connectivity index (χ3n) is 3.46. The van der Waals surface area contributed by atoms with E-state index in [1.165, 1.54) is 5.56 Å². The number of hydrogen-bond donors (Lipinski definition) is 1. The highest BCUT2D eigenvalue weighted by Crippen LogP contribution is 2.23. The summed E-state index contributed by atoms with van der Waals surface area (Å²) in [4.78, 5) is 2.25. The van der Waals surface area contributed by atoms with Crippen LogP contribution in [0.4, 0.5) is 5.69 Å². The van der Waals surface area contributed by atoms with Crippen molar-refractivity contribution in [2.24, 2.45) is 0 Å². The van der Waals surface area contributed by atoms with E-state index in [-0.39, 0.29) is 0 Å². The minimum absolute atomic E-state index is 0.724. The van der Waals surface area contributed by atoms with Crippen molar-refractivity contribution in [1.29, 1.82) is 0 Å². The molecule has 2 aromatic carbocycles. The SMILES string of the molecule is C=CN/C(=C\C)CN(Cc1ccc(Cl)cc1)c1cccc(Cl)c1. The Balaban J connectivity index is 2.26. The zero-order chi connectivity index (χ0) is 16.7. The molecule has 2 aromatic rings. The molecule has 0 saturated carbocycles. The molecule has 120 valence electrons. The average Bonchev–Trinajstić information content (AvgIpc) is 2.55. The fraction of sp³-hybridized carbons (Fsp3) is 0.158. The highest BCUT2D eigenvalue weighted by Gasteiger charge is 2.10. The van der Waals surface area contributed by atoms with Crippen molar-refractivity contribution in [3.63, 3.8) is 0 Å². The Labute approximate surface area is 148 Å². The summed E-state index contributed by atoms with van der Waals surface area (Å²) in [6.07, 6.45) is 3.73. The number of benzene rings is 2. The van der Waals surface area contributed by atoms with Crippen LogP contribution >= 0.6 is 23.2 Å². The molecule has 0 fully saturated rings. The van der Waals surface area contributed by atoms with Gasteiger partial charge in [0.15, 0.2) is 0 Å². The predicted octanol–water partition coefficient (Wildman–Crippen LogP) is 5.64. The number of anilines is 1. The molecule has 4 heteroatoms. The van der Waals surface area contributed by atoms with Crippen LogP contribution in [-0.2, 0) is 6.54 Å². The monoisotopic (exact) mass is 346 g/mol. The Morgan fingerprint density at radius 1 is 1.13 bits per heavy atom. The van der Waals surface area contributed by atoms with Gasteiger partial charge in [-0.05, 0) is 49.0 Å². The quantitative estimate of drug-likeness (QED) is 0.698. The van der Waals surface area contributed by atoms with Gasteiger partial charge in [0, 0.05) is 28.0 Å². The second-order valence-corrected chi connectivity index (χ2v) is 6.00. The van der Waals surface area contributed by atoms with Crippen LogP contribution in [0.15, 0.2) is 73.1 Å². The molecule has 2 rings (SSSR count). The summed E-state index contributed by atoms with van der Waals surface area (Å²) >= 11 is 12.1. The van der Waals surface area contributed by atoms with Crippen LogP contribution in [0.3, 0.4) is 0 Å². The molecule has 2 nitrogen and oxygen atoms in total. The van der Waals surface area contributed by atoms with E-state index in [1.54, 1.807) is 6.20 Å². The van der Waals surface area contributed by atoms with Crippen molar-refractivity contribution in [2.45, 2.75) is 13.5 Å². The van der Waals surface area contributed by atoms with E-state index in [9.17, 15) is 0 Å². The van der Waals surface area contributed by atoms with Gasteiger partial charge < -0.3 is 10.2 Å². The summed E-state index contributed by atoms with van der Waals surface area (Å²) in [5.41, 5.74) is 3.33. The highest BCUT2D eigenvalue weighted by molar-refractivity contribution is 6.31. The first-order chi connectivity index (χ1) is 11.1. The van der Waals surface area contributed by atoms with Gasteiger partial charge in [0.2, 0.25) is 0 Å². The molecular weight excluding hydrogens is 327 g/mol. The zero-order valence-corrected chi connectivity index (χ0v) is 14.6. The highest BCUT2D eigenvalue weighted by atomic mass is 35.5. The van der Waals surface area contributed by atoms with Gasteiger partial charge in [-0.15, -0.1) is 0 Å². The Morgan fingerprint density at radius 3 is 2.48 bits per heavy atom. The normalized spacial score (nSPS) is 11.2. The van der Waals surface area contributed by atoms with Crippen LogP contribution in [0, 0.1) is 0 Å². The predicted molar refractivity (Wildman–Crippen MR) is 101 cm³/mol. The van der Waals surface area contributed by atoms with Crippen molar-refractivity contribution in [1.82, 2.24) is 5.32 Å². The number of rotatable bonds is 7. The van der Waals surface area contributed by atoms with Gasteiger partial charge in [0.1, 0.15) is 0 Å². The molecule has 0 saturated heterocycles. The standard InChI is InChI=1S/C19H20Cl2N2/c1-3-18(22-4-2)14-23(19-7-5-6-17(21)12-19)13-15-8-10-16(20)11-9-15/h3-12,22H,2,13-14H2,1H3/b18-3-. The lowest BCUT2D eigenvalue weighted by atomic mass is 10.2. The van der Waals surface area contributed by atoms with Crippen LogP contribution < -0.4 is 10.2 Å². The van der Waals surface area contributed by atoms with Crippen molar-refractivity contribution in [2.75, 3.05) is 11.4 Å². The molecule has 0 heterocycles. The van der Waals surface area contributed by atoms with E-state index >= 15 is 0 Å². The molecule has 0 aliphatic carbocycles. The summed E-state index contributed by atoms with van der Waals surface area (Å²) in [6.45, 7) is 7.22. The third kappa shape index (κ3) is 5.34. The second-order valence-electron chi connectivity index (χ2n) is 5.12. The zero-order valence-electron chi connectivity index (χ0n) is 13.1. The summed E-state index contributed by atoms with van der Waals surface area (Å²) < 4.78 is 0. The topological polar surface area (TPSA) is 15.3 Å². The van der Waals surface area contributed by atoms with Crippen molar-refractivity contribution in [3.05, 3.63) is 88.7 Å². The fourth-order valence-electron chi connectivity index (χ4n) is 2.28. The van der Waals surface area contributed by atoms with E-state index in [1.807, 2.05) is 55.5 Å². The Kier molecular flexibility index (Phi) is 6.57. The molecule has 0 spiro atoms. The molecule has 1 N–H and O–H groups in total. The largest absolute Gasteiger partial charge is 0.364 e. The lowest BCUT2D eigenvalue weighted by Gasteiger charge is -2.26. The van der Waals surface area contributed by atoms with E-state index in [2.05, 4.69) is 22.9 Å². The molecule has 0 bridgehead atoms. The van der Waals surface area contributed by atoms with E-state index in [4.69, 9.17) is 23.2 Å². The second kappa shape index (κ2) is 8.66. The average molecular weight is 347 g/mol. The van der Waals surface area contributed by atoms with Crippen LogP contribution in [0.1, 0.15) is 12.5 Å². The van der Waals surface area contributed by atoms with Crippen LogP contribution in [0.25, 0.3) is 0 Å². The lowest BCUT2D eigenvalue weighted by Crippen LogP contribution is -2.28. The van der Waals surface area contributed by atoms with Gasteiger partial charge in [0.25, 0.3) is 0 Å². The summed E-state index contributed by atoms with van der Waals surface area (Å²) in [6, 6.07) is 15.8. The molecule has 0 atom stereocenters. The Morgan fingerprint density at radius 2 is 1.87 bits per heavy atom. The maximum Gasteiger partial charge on any atom is 0.0580 e. The minimum atomic E-state index is 0.724. The Bertz CT molecular complexity index is 678.